The molecule has 29 heavy (non-hydrogen) atoms. The van der Waals surface area contributed by atoms with Gasteiger partial charge in [0.25, 0.3) is 5.91 Å². The van der Waals surface area contributed by atoms with Crippen molar-refractivity contribution in [2.45, 2.75) is 30.6 Å². The van der Waals surface area contributed by atoms with Crippen LogP contribution in [0.25, 0.3) is 0 Å². The van der Waals surface area contributed by atoms with Crippen molar-refractivity contribution < 1.29 is 14.4 Å². The largest absolute Gasteiger partial charge is 0.366 e. The van der Waals surface area contributed by atoms with Gasteiger partial charge in [-0.1, -0.05) is 42.5 Å². The lowest BCUT2D eigenvalue weighted by Gasteiger charge is -2.35. The number of amides is 3. The van der Waals surface area contributed by atoms with Crippen molar-refractivity contribution in [1.29, 1.82) is 0 Å². The topological polar surface area (TPSA) is 113 Å². The molecule has 152 valence electrons. The summed E-state index contributed by atoms with van der Waals surface area (Å²) in [6.45, 7) is 1.89. The molecular weight excluding hydrogens is 388 g/mol. The number of nitrogens with two attached hydrogens (primary N) is 1. The van der Waals surface area contributed by atoms with E-state index in [1.54, 1.807) is 36.0 Å². The van der Waals surface area contributed by atoms with Crippen LogP contribution in [-0.4, -0.2) is 29.3 Å². The Morgan fingerprint density at radius 2 is 1.79 bits per heavy atom. The van der Waals surface area contributed by atoms with Gasteiger partial charge in [-0.25, -0.2) is 0 Å². The SMILES string of the molecule is CC1NC(SCc2ccccc2)NC(=O)C1CC(=O)Nc1ccccc1C(N)=O. The van der Waals surface area contributed by atoms with E-state index < -0.39 is 11.8 Å². The van der Waals surface area contributed by atoms with Crippen molar-refractivity contribution in [2.24, 2.45) is 11.7 Å². The first kappa shape index (κ1) is 20.9. The number of hydrogen-bond acceptors (Lipinski definition) is 5. The van der Waals surface area contributed by atoms with Crippen molar-refractivity contribution in [3.05, 3.63) is 65.7 Å². The predicted octanol–water partition coefficient (Wildman–Crippen LogP) is 2.06. The third-order valence-electron chi connectivity index (χ3n) is 4.76. The van der Waals surface area contributed by atoms with Gasteiger partial charge < -0.3 is 16.4 Å². The minimum atomic E-state index is -0.621. The van der Waals surface area contributed by atoms with E-state index in [0.717, 1.165) is 5.75 Å². The number of para-hydroxylation sites is 1. The average Bonchev–Trinajstić information content (AvgIpc) is 2.70. The minimum absolute atomic E-state index is 0.00314. The Labute approximate surface area is 173 Å². The maximum Gasteiger partial charge on any atom is 0.250 e. The van der Waals surface area contributed by atoms with Gasteiger partial charge in [-0.3, -0.25) is 19.7 Å². The van der Waals surface area contributed by atoms with E-state index in [1.807, 2.05) is 37.3 Å². The number of rotatable bonds is 7. The van der Waals surface area contributed by atoms with Gasteiger partial charge in [-0.05, 0) is 24.6 Å². The summed E-state index contributed by atoms with van der Waals surface area (Å²) in [5.41, 5.74) is 6.88. The van der Waals surface area contributed by atoms with Crippen molar-refractivity contribution in [3.63, 3.8) is 0 Å². The highest BCUT2D eigenvalue weighted by Gasteiger charge is 2.35. The highest BCUT2D eigenvalue weighted by atomic mass is 32.2. The second-order valence-electron chi connectivity index (χ2n) is 6.91. The number of carbonyl (C=O) groups is 3. The normalized spacial score (nSPS) is 21.3. The standard InChI is InChI=1S/C21H24N4O3S/c1-13-16(11-18(26)24-17-10-6-5-9-15(17)19(22)27)20(28)25-21(23-13)29-12-14-7-3-2-4-8-14/h2-10,13,16,21,23H,11-12H2,1H3,(H2,22,27)(H,24,26)(H,25,28). The first-order chi connectivity index (χ1) is 13.9. The smallest absolute Gasteiger partial charge is 0.250 e. The third kappa shape index (κ3) is 5.58. The van der Waals surface area contributed by atoms with Crippen LogP contribution >= 0.6 is 11.8 Å². The highest BCUT2D eigenvalue weighted by molar-refractivity contribution is 7.99. The minimum Gasteiger partial charge on any atom is -0.366 e. The van der Waals surface area contributed by atoms with Crippen molar-refractivity contribution >= 4 is 35.2 Å². The van der Waals surface area contributed by atoms with Gasteiger partial charge in [0.05, 0.1) is 17.2 Å². The van der Waals surface area contributed by atoms with E-state index in [2.05, 4.69) is 16.0 Å². The molecule has 5 N–H and O–H groups in total. The van der Waals surface area contributed by atoms with E-state index in [0.29, 0.717) is 5.69 Å². The predicted molar refractivity (Wildman–Crippen MR) is 114 cm³/mol. The van der Waals surface area contributed by atoms with Gasteiger partial charge in [0.2, 0.25) is 11.8 Å². The Morgan fingerprint density at radius 3 is 2.48 bits per heavy atom. The van der Waals surface area contributed by atoms with E-state index in [1.165, 1.54) is 5.56 Å². The van der Waals surface area contributed by atoms with Gasteiger partial charge in [0.1, 0.15) is 5.50 Å². The molecule has 1 saturated heterocycles. The van der Waals surface area contributed by atoms with Gasteiger partial charge in [0, 0.05) is 18.2 Å². The summed E-state index contributed by atoms with van der Waals surface area (Å²) in [6, 6.07) is 16.4. The molecule has 0 bridgehead atoms. The number of nitrogens with one attached hydrogen (secondary N) is 3. The van der Waals surface area contributed by atoms with E-state index >= 15 is 0 Å². The first-order valence-corrected chi connectivity index (χ1v) is 10.4. The van der Waals surface area contributed by atoms with Crippen molar-refractivity contribution in [1.82, 2.24) is 10.6 Å². The summed E-state index contributed by atoms with van der Waals surface area (Å²) < 4.78 is 0. The van der Waals surface area contributed by atoms with Crippen LogP contribution in [0.1, 0.15) is 29.3 Å². The van der Waals surface area contributed by atoms with E-state index in [-0.39, 0.29) is 35.3 Å². The Bertz CT molecular complexity index is 891. The number of primary amides is 1. The molecule has 1 aliphatic rings. The molecule has 8 heteroatoms. The molecule has 1 heterocycles. The third-order valence-corrected chi connectivity index (χ3v) is 5.85. The molecule has 0 saturated carbocycles. The molecule has 1 fully saturated rings. The summed E-state index contributed by atoms with van der Waals surface area (Å²) in [5.74, 6) is -0.877. The molecule has 3 amide bonds. The molecule has 3 rings (SSSR count). The lowest BCUT2D eigenvalue weighted by Crippen LogP contribution is -2.59. The van der Waals surface area contributed by atoms with E-state index in [9.17, 15) is 14.4 Å². The molecule has 0 aromatic heterocycles. The maximum atomic E-state index is 12.6. The number of anilines is 1. The monoisotopic (exact) mass is 412 g/mol. The van der Waals surface area contributed by atoms with Gasteiger partial charge in [0.15, 0.2) is 0 Å². The van der Waals surface area contributed by atoms with Gasteiger partial charge >= 0.3 is 0 Å². The lowest BCUT2D eigenvalue weighted by molar-refractivity contribution is -0.131. The van der Waals surface area contributed by atoms with Crippen LogP contribution < -0.4 is 21.7 Å². The van der Waals surface area contributed by atoms with Crippen molar-refractivity contribution in [2.75, 3.05) is 5.32 Å². The Kier molecular flexibility index (Phi) is 6.90. The quantitative estimate of drug-likeness (QED) is 0.556. The molecule has 2 aromatic rings. The summed E-state index contributed by atoms with van der Waals surface area (Å²) in [5, 5.41) is 8.95. The number of carbonyl (C=O) groups excluding carboxylic acids is 3. The van der Waals surface area contributed by atoms with Crippen LogP contribution in [0.4, 0.5) is 5.69 Å². The van der Waals surface area contributed by atoms with Crippen LogP contribution in [0.2, 0.25) is 0 Å². The van der Waals surface area contributed by atoms with Crippen molar-refractivity contribution in [3.8, 4) is 0 Å². The van der Waals surface area contributed by atoms with Crippen LogP contribution in [0.5, 0.6) is 0 Å². The zero-order valence-corrected chi connectivity index (χ0v) is 16.9. The molecule has 3 unspecified atom stereocenters. The second kappa shape index (κ2) is 9.58. The number of benzene rings is 2. The molecule has 7 nitrogen and oxygen atoms in total. The highest BCUT2D eigenvalue weighted by Crippen LogP contribution is 2.23. The van der Waals surface area contributed by atoms with E-state index in [4.69, 9.17) is 5.73 Å². The van der Waals surface area contributed by atoms with Crippen LogP contribution in [0, 0.1) is 5.92 Å². The number of thioether (sulfide) groups is 1. The zero-order valence-electron chi connectivity index (χ0n) is 16.1. The molecule has 1 aliphatic heterocycles. The fourth-order valence-electron chi connectivity index (χ4n) is 3.18. The molecule has 3 atom stereocenters. The van der Waals surface area contributed by atoms with Crippen LogP contribution in [0.15, 0.2) is 54.6 Å². The molecule has 0 radical (unpaired) electrons. The zero-order chi connectivity index (χ0) is 20.8. The molecular formula is C21H24N4O3S. The Hall–Kier alpha value is -2.84. The molecule has 2 aromatic carbocycles. The van der Waals surface area contributed by atoms with Crippen LogP contribution in [0.3, 0.4) is 0 Å². The lowest BCUT2D eigenvalue weighted by atomic mass is 9.94. The second-order valence-corrected chi connectivity index (χ2v) is 8.00. The van der Waals surface area contributed by atoms with Crippen LogP contribution in [-0.2, 0) is 15.3 Å². The summed E-state index contributed by atoms with van der Waals surface area (Å²) in [7, 11) is 0. The fourth-order valence-corrected chi connectivity index (χ4v) is 4.24. The average molecular weight is 413 g/mol. The number of hydrogen-bond donors (Lipinski definition) is 4. The van der Waals surface area contributed by atoms with Gasteiger partial charge in [-0.2, -0.15) is 0 Å². The Morgan fingerprint density at radius 1 is 1.10 bits per heavy atom. The summed E-state index contributed by atoms with van der Waals surface area (Å²) >= 11 is 1.59. The summed E-state index contributed by atoms with van der Waals surface area (Å²) in [6.07, 6.45) is 0.00314. The fraction of sp³-hybridized carbons (Fsp3) is 0.286. The summed E-state index contributed by atoms with van der Waals surface area (Å²) in [4.78, 5) is 36.5. The molecule has 0 aliphatic carbocycles. The first-order valence-electron chi connectivity index (χ1n) is 9.34. The molecule has 0 spiro atoms. The van der Waals surface area contributed by atoms with Gasteiger partial charge in [-0.15, -0.1) is 11.8 Å². The Balaban J connectivity index is 1.55. The maximum absolute atomic E-state index is 12.6.